The molecule has 0 aromatic rings. The minimum atomic E-state index is -0.295. The molecule has 2 N–H and O–H groups in total. The Balaban J connectivity index is 2.41. The van der Waals surface area contributed by atoms with Gasteiger partial charge in [-0.3, -0.25) is 9.69 Å². The highest BCUT2D eigenvalue weighted by Crippen LogP contribution is 2.20. The van der Waals surface area contributed by atoms with E-state index in [1.165, 1.54) is 6.42 Å². The fourth-order valence-corrected chi connectivity index (χ4v) is 2.36. The summed E-state index contributed by atoms with van der Waals surface area (Å²) in [7, 11) is 0. The third-order valence-corrected chi connectivity index (χ3v) is 3.15. The Bertz CT molecular complexity index is 254. The van der Waals surface area contributed by atoms with Crippen LogP contribution in [-0.4, -0.2) is 47.7 Å². The first-order chi connectivity index (χ1) is 8.13. The quantitative estimate of drug-likeness (QED) is 0.679. The Morgan fingerprint density at radius 3 is 3.06 bits per heavy atom. The van der Waals surface area contributed by atoms with Crippen LogP contribution in [-0.2, 0) is 4.79 Å². The summed E-state index contributed by atoms with van der Waals surface area (Å²) in [5, 5.41) is 12.2. The molecule has 0 radical (unpaired) electrons. The maximum atomic E-state index is 11.6. The van der Waals surface area contributed by atoms with E-state index in [1.54, 1.807) is 6.08 Å². The molecule has 2 unspecified atom stereocenters. The van der Waals surface area contributed by atoms with Gasteiger partial charge >= 0.3 is 0 Å². The molecule has 1 saturated heterocycles. The van der Waals surface area contributed by atoms with Crippen molar-refractivity contribution in [3.8, 4) is 0 Å². The van der Waals surface area contributed by atoms with E-state index in [-0.39, 0.29) is 12.0 Å². The van der Waals surface area contributed by atoms with Crippen LogP contribution in [0, 0.1) is 0 Å². The van der Waals surface area contributed by atoms with Crippen LogP contribution in [0.3, 0.4) is 0 Å². The molecule has 4 heteroatoms. The molecule has 1 aliphatic heterocycles. The zero-order chi connectivity index (χ0) is 12.7. The van der Waals surface area contributed by atoms with E-state index in [4.69, 9.17) is 0 Å². The van der Waals surface area contributed by atoms with Gasteiger partial charge in [0.15, 0.2) is 0 Å². The highest BCUT2D eigenvalue weighted by atomic mass is 16.3. The molecule has 0 spiro atoms. The molecular weight excluding hydrogens is 216 g/mol. The van der Waals surface area contributed by atoms with Crippen LogP contribution >= 0.6 is 0 Å². The van der Waals surface area contributed by atoms with Crippen molar-refractivity contribution < 1.29 is 9.90 Å². The molecule has 0 aliphatic carbocycles. The third-order valence-electron chi connectivity index (χ3n) is 3.15. The number of aliphatic hydroxyl groups excluding tert-OH is 1. The van der Waals surface area contributed by atoms with Crippen molar-refractivity contribution >= 4 is 5.91 Å². The Hall–Kier alpha value is -0.870. The van der Waals surface area contributed by atoms with Gasteiger partial charge in [-0.05, 0) is 32.7 Å². The maximum Gasteiger partial charge on any atom is 0.234 e. The van der Waals surface area contributed by atoms with E-state index in [0.717, 1.165) is 25.8 Å². The zero-order valence-electron chi connectivity index (χ0n) is 10.7. The average Bonchev–Trinajstić information content (AvgIpc) is 2.28. The maximum absolute atomic E-state index is 11.6. The van der Waals surface area contributed by atoms with E-state index in [0.29, 0.717) is 19.1 Å². The fraction of sp³-hybridized carbons (Fsp3) is 0.769. The number of hydrogen-bond donors (Lipinski definition) is 2. The van der Waals surface area contributed by atoms with Crippen molar-refractivity contribution in [2.45, 2.75) is 44.8 Å². The van der Waals surface area contributed by atoms with Crippen molar-refractivity contribution in [3.05, 3.63) is 12.7 Å². The molecule has 1 fully saturated rings. The number of nitrogens with zero attached hydrogens (tertiary/aromatic N) is 1. The number of nitrogens with one attached hydrogen (secondary N) is 1. The van der Waals surface area contributed by atoms with Crippen LogP contribution in [0.2, 0.25) is 0 Å². The molecule has 0 aromatic carbocycles. The first-order valence-corrected chi connectivity index (χ1v) is 6.43. The first-order valence-electron chi connectivity index (χ1n) is 6.43. The number of carbonyl (C=O) groups excluding carboxylic acids is 1. The number of likely N-dealkylation sites (tertiary alicyclic amines) is 1. The monoisotopic (exact) mass is 240 g/mol. The summed E-state index contributed by atoms with van der Waals surface area (Å²) in [6, 6.07) is 0.346. The molecule has 17 heavy (non-hydrogen) atoms. The second-order valence-corrected chi connectivity index (χ2v) is 4.80. The van der Waals surface area contributed by atoms with Crippen LogP contribution < -0.4 is 5.32 Å². The molecular formula is C13H24N2O2. The van der Waals surface area contributed by atoms with Gasteiger partial charge in [0.1, 0.15) is 0 Å². The molecule has 98 valence electrons. The molecule has 1 rings (SSSR count). The topological polar surface area (TPSA) is 52.6 Å². The summed E-state index contributed by atoms with van der Waals surface area (Å²) in [6.45, 7) is 7.30. The lowest BCUT2D eigenvalue weighted by Crippen LogP contribution is -2.46. The third kappa shape index (κ3) is 5.33. The van der Waals surface area contributed by atoms with E-state index < -0.39 is 0 Å². The van der Waals surface area contributed by atoms with Crippen molar-refractivity contribution in [2.75, 3.05) is 19.6 Å². The summed E-state index contributed by atoms with van der Waals surface area (Å²) in [4.78, 5) is 13.8. The number of aliphatic hydroxyl groups is 1. The molecule has 1 aliphatic rings. The average molecular weight is 240 g/mol. The second-order valence-electron chi connectivity index (χ2n) is 4.80. The lowest BCUT2D eigenvalue weighted by molar-refractivity contribution is -0.123. The smallest absolute Gasteiger partial charge is 0.234 e. The number of carbonyl (C=O) groups is 1. The van der Waals surface area contributed by atoms with Crippen LogP contribution in [0.1, 0.15) is 32.6 Å². The van der Waals surface area contributed by atoms with Gasteiger partial charge in [0.25, 0.3) is 0 Å². The van der Waals surface area contributed by atoms with Gasteiger partial charge in [-0.15, -0.1) is 6.58 Å². The van der Waals surface area contributed by atoms with Gasteiger partial charge in [-0.25, -0.2) is 0 Å². The standard InChI is InChI=1S/C13H24N2O2/c1-3-7-14-13(17)10-15-8-5-4-6-12(15)9-11(2)16/h3,11-12,16H,1,4-10H2,2H3,(H,14,17). The number of amides is 1. The van der Waals surface area contributed by atoms with Crippen LogP contribution in [0.4, 0.5) is 0 Å². The summed E-state index contributed by atoms with van der Waals surface area (Å²) < 4.78 is 0. The summed E-state index contributed by atoms with van der Waals surface area (Å²) in [6.07, 6.45) is 5.57. The Morgan fingerprint density at radius 2 is 2.41 bits per heavy atom. The van der Waals surface area contributed by atoms with Crippen LogP contribution in [0.25, 0.3) is 0 Å². The molecule has 1 heterocycles. The van der Waals surface area contributed by atoms with Crippen LogP contribution in [0.15, 0.2) is 12.7 Å². The SMILES string of the molecule is C=CCNC(=O)CN1CCCCC1CC(C)O. The van der Waals surface area contributed by atoms with E-state index >= 15 is 0 Å². The fourth-order valence-electron chi connectivity index (χ4n) is 2.36. The predicted octanol–water partition coefficient (Wildman–Crippen LogP) is 0.914. The molecule has 2 atom stereocenters. The zero-order valence-corrected chi connectivity index (χ0v) is 10.7. The van der Waals surface area contributed by atoms with Gasteiger partial charge in [0.05, 0.1) is 12.6 Å². The molecule has 0 aromatic heterocycles. The van der Waals surface area contributed by atoms with E-state index in [9.17, 15) is 9.90 Å². The Kier molecular flexibility index (Phi) is 6.22. The first kappa shape index (κ1) is 14.2. The number of hydrogen-bond acceptors (Lipinski definition) is 3. The number of piperidine rings is 1. The van der Waals surface area contributed by atoms with Crippen molar-refractivity contribution in [3.63, 3.8) is 0 Å². The second kappa shape index (κ2) is 7.45. The Morgan fingerprint density at radius 1 is 1.65 bits per heavy atom. The van der Waals surface area contributed by atoms with Crippen molar-refractivity contribution in [1.29, 1.82) is 0 Å². The minimum Gasteiger partial charge on any atom is -0.393 e. The summed E-state index contributed by atoms with van der Waals surface area (Å²) in [5.74, 6) is 0.0439. The lowest BCUT2D eigenvalue weighted by atomic mass is 9.97. The summed E-state index contributed by atoms with van der Waals surface area (Å²) in [5.41, 5.74) is 0. The number of rotatable bonds is 6. The molecule has 1 amide bonds. The Labute approximate surface area is 104 Å². The lowest BCUT2D eigenvalue weighted by Gasteiger charge is -2.35. The van der Waals surface area contributed by atoms with E-state index in [2.05, 4.69) is 16.8 Å². The van der Waals surface area contributed by atoms with Crippen LogP contribution in [0.5, 0.6) is 0 Å². The molecule has 0 saturated carbocycles. The van der Waals surface area contributed by atoms with E-state index in [1.807, 2.05) is 6.92 Å². The summed E-state index contributed by atoms with van der Waals surface area (Å²) >= 11 is 0. The van der Waals surface area contributed by atoms with Crippen molar-refractivity contribution in [1.82, 2.24) is 10.2 Å². The minimum absolute atomic E-state index is 0.0439. The molecule has 0 bridgehead atoms. The van der Waals surface area contributed by atoms with Gasteiger partial charge < -0.3 is 10.4 Å². The normalized spacial score (nSPS) is 23.1. The van der Waals surface area contributed by atoms with Gasteiger partial charge in [0.2, 0.25) is 5.91 Å². The van der Waals surface area contributed by atoms with Gasteiger partial charge in [0, 0.05) is 12.6 Å². The van der Waals surface area contributed by atoms with Gasteiger partial charge in [-0.1, -0.05) is 12.5 Å². The molecule has 4 nitrogen and oxygen atoms in total. The highest BCUT2D eigenvalue weighted by Gasteiger charge is 2.24. The largest absolute Gasteiger partial charge is 0.393 e. The predicted molar refractivity (Wildman–Crippen MR) is 68.7 cm³/mol. The highest BCUT2D eigenvalue weighted by molar-refractivity contribution is 5.78. The van der Waals surface area contributed by atoms with Gasteiger partial charge in [-0.2, -0.15) is 0 Å². The van der Waals surface area contributed by atoms with Crippen molar-refractivity contribution in [2.24, 2.45) is 0 Å².